The number of aryl methyl sites for hydroxylation is 1. The van der Waals surface area contributed by atoms with E-state index >= 15 is 0 Å². The molecule has 0 saturated carbocycles. The fourth-order valence-electron chi connectivity index (χ4n) is 3.99. The van der Waals surface area contributed by atoms with Gasteiger partial charge in [0.15, 0.2) is 0 Å². The van der Waals surface area contributed by atoms with E-state index < -0.39 is 17.5 Å². The molecule has 8 heteroatoms. The second kappa shape index (κ2) is 9.91. The van der Waals surface area contributed by atoms with Crippen molar-refractivity contribution in [2.75, 3.05) is 14.2 Å². The lowest BCUT2D eigenvalue weighted by atomic mass is 9.90. The Labute approximate surface area is 197 Å². The lowest BCUT2D eigenvalue weighted by Gasteiger charge is -2.22. The Morgan fingerprint density at radius 1 is 1.06 bits per heavy atom. The van der Waals surface area contributed by atoms with Gasteiger partial charge in [-0.3, -0.25) is 9.78 Å². The summed E-state index contributed by atoms with van der Waals surface area (Å²) in [6.07, 6.45) is 0.323. The van der Waals surface area contributed by atoms with Crippen LogP contribution < -0.4 is 4.74 Å². The van der Waals surface area contributed by atoms with Crippen LogP contribution in [0.25, 0.3) is 10.9 Å². The van der Waals surface area contributed by atoms with Crippen LogP contribution in [0.2, 0.25) is 0 Å². The first-order valence-electron chi connectivity index (χ1n) is 10.9. The molecule has 8 nitrogen and oxygen atoms in total. The number of pyridine rings is 1. The first-order valence-corrected chi connectivity index (χ1v) is 10.9. The lowest BCUT2D eigenvalue weighted by Crippen LogP contribution is -2.40. The zero-order chi connectivity index (χ0) is 24.1. The molecular weight excluding hydrogens is 436 g/mol. The highest BCUT2D eigenvalue weighted by atomic mass is 16.7. The van der Waals surface area contributed by atoms with E-state index in [2.05, 4.69) is 14.9 Å². The highest BCUT2D eigenvalue weighted by molar-refractivity contribution is 6.04. The van der Waals surface area contributed by atoms with Crippen molar-refractivity contribution in [2.24, 2.45) is 5.16 Å². The van der Waals surface area contributed by atoms with Gasteiger partial charge in [-0.25, -0.2) is 4.79 Å². The van der Waals surface area contributed by atoms with E-state index in [-0.39, 0.29) is 19.3 Å². The molecule has 1 aliphatic heterocycles. The number of esters is 2. The molecule has 176 valence electrons. The van der Waals surface area contributed by atoms with Crippen LogP contribution in [0.15, 0.2) is 59.8 Å². The van der Waals surface area contributed by atoms with Crippen LogP contribution in [0.4, 0.5) is 0 Å². The van der Waals surface area contributed by atoms with Crippen LogP contribution in [0, 0.1) is 6.92 Å². The molecule has 2 heterocycles. The van der Waals surface area contributed by atoms with E-state index in [0.29, 0.717) is 18.1 Å². The maximum Gasteiger partial charge on any atom is 0.353 e. The van der Waals surface area contributed by atoms with Gasteiger partial charge in [-0.2, -0.15) is 0 Å². The predicted octanol–water partition coefficient (Wildman–Crippen LogP) is 4.11. The fourth-order valence-corrected chi connectivity index (χ4v) is 3.99. The van der Waals surface area contributed by atoms with Crippen molar-refractivity contribution >= 4 is 28.6 Å². The topological polar surface area (TPSA) is 96.3 Å². The van der Waals surface area contributed by atoms with Gasteiger partial charge in [0.1, 0.15) is 12.4 Å². The summed E-state index contributed by atoms with van der Waals surface area (Å²) in [6, 6.07) is 17.4. The summed E-state index contributed by atoms with van der Waals surface area (Å²) in [6.45, 7) is 2.38. The third-order valence-electron chi connectivity index (χ3n) is 5.81. The molecule has 1 atom stereocenters. The maximum atomic E-state index is 12.4. The number of oxime groups is 1. The summed E-state index contributed by atoms with van der Waals surface area (Å²) in [7, 11) is 2.58. The van der Waals surface area contributed by atoms with Crippen molar-refractivity contribution in [3.8, 4) is 5.75 Å². The number of benzene rings is 2. The molecule has 0 bridgehead atoms. The van der Waals surface area contributed by atoms with E-state index in [4.69, 9.17) is 14.3 Å². The maximum absolute atomic E-state index is 12.4. The molecular formula is C26H26N2O6. The number of carbonyl (C=O) groups is 2. The van der Waals surface area contributed by atoms with Gasteiger partial charge in [0.05, 0.1) is 31.9 Å². The highest BCUT2D eigenvalue weighted by Crippen LogP contribution is 2.33. The summed E-state index contributed by atoms with van der Waals surface area (Å²) in [4.78, 5) is 34.1. The standard InChI is InChI=1S/C26H26N2O6/c1-17-14-19(21-6-4-5-7-22(21)27-17)16-33-20-10-8-18(9-11-20)23-15-26(34-28-23,25(30)32-3)13-12-24(29)31-2/h4-11,14H,12-13,15-16H2,1-3H3. The molecule has 0 N–H and O–H groups in total. The fraction of sp³-hybridized carbons (Fsp3) is 0.308. The van der Waals surface area contributed by atoms with Gasteiger partial charge in [-0.15, -0.1) is 0 Å². The number of ether oxygens (including phenoxy) is 3. The van der Waals surface area contributed by atoms with Crippen LogP contribution >= 0.6 is 0 Å². The molecule has 1 aromatic heterocycles. The average molecular weight is 463 g/mol. The van der Waals surface area contributed by atoms with Gasteiger partial charge in [0, 0.05) is 29.5 Å². The van der Waals surface area contributed by atoms with E-state index in [1.54, 1.807) is 0 Å². The Morgan fingerprint density at radius 3 is 2.56 bits per heavy atom. The number of methoxy groups -OCH3 is 2. The largest absolute Gasteiger partial charge is 0.489 e. The number of hydrogen-bond donors (Lipinski definition) is 0. The number of nitrogens with zero attached hydrogens (tertiary/aromatic N) is 2. The molecule has 2 aromatic carbocycles. The monoisotopic (exact) mass is 462 g/mol. The molecule has 0 fully saturated rings. The number of carbonyl (C=O) groups excluding carboxylic acids is 2. The summed E-state index contributed by atoms with van der Waals surface area (Å²) < 4.78 is 15.6. The predicted molar refractivity (Wildman–Crippen MR) is 125 cm³/mol. The van der Waals surface area contributed by atoms with Crippen LogP contribution in [0.5, 0.6) is 5.75 Å². The first kappa shape index (κ1) is 23.2. The number of fused-ring (bicyclic) bond motifs is 1. The van der Waals surface area contributed by atoms with Crippen LogP contribution in [0.1, 0.15) is 36.1 Å². The van der Waals surface area contributed by atoms with Gasteiger partial charge in [-0.05, 0) is 48.9 Å². The minimum atomic E-state index is -1.34. The first-order chi connectivity index (χ1) is 16.4. The molecule has 0 radical (unpaired) electrons. The summed E-state index contributed by atoms with van der Waals surface area (Å²) in [5, 5.41) is 5.18. The Hall–Kier alpha value is -3.94. The Balaban J connectivity index is 1.44. The summed E-state index contributed by atoms with van der Waals surface area (Å²) >= 11 is 0. The van der Waals surface area contributed by atoms with Crippen molar-refractivity contribution < 1.29 is 28.6 Å². The van der Waals surface area contributed by atoms with Gasteiger partial charge in [0.25, 0.3) is 0 Å². The smallest absolute Gasteiger partial charge is 0.353 e. The van der Waals surface area contributed by atoms with Crippen LogP contribution in [-0.2, 0) is 30.5 Å². The number of aromatic nitrogens is 1. The second-order valence-electron chi connectivity index (χ2n) is 8.12. The molecule has 0 aliphatic carbocycles. The Bertz CT molecular complexity index is 1240. The van der Waals surface area contributed by atoms with Crippen LogP contribution in [0.3, 0.4) is 0 Å². The van der Waals surface area contributed by atoms with Gasteiger partial charge >= 0.3 is 11.9 Å². The Morgan fingerprint density at radius 2 is 1.82 bits per heavy atom. The van der Waals surface area contributed by atoms with Crippen molar-refractivity contribution in [1.29, 1.82) is 0 Å². The normalized spacial score (nSPS) is 17.1. The van der Waals surface area contributed by atoms with Crippen molar-refractivity contribution in [2.45, 2.75) is 38.4 Å². The molecule has 3 aromatic rings. The minimum absolute atomic E-state index is 0.0182. The lowest BCUT2D eigenvalue weighted by molar-refractivity contribution is -0.168. The number of para-hydroxylation sites is 1. The van der Waals surface area contributed by atoms with Gasteiger partial charge in [0.2, 0.25) is 5.60 Å². The third kappa shape index (κ3) is 4.85. The third-order valence-corrected chi connectivity index (χ3v) is 5.81. The van der Waals surface area contributed by atoms with E-state index in [0.717, 1.165) is 27.7 Å². The second-order valence-corrected chi connectivity index (χ2v) is 8.12. The van der Waals surface area contributed by atoms with Crippen LogP contribution in [-0.4, -0.2) is 42.5 Å². The SMILES string of the molecule is COC(=O)CCC1(C(=O)OC)CC(c2ccc(OCc3cc(C)nc4ccccc34)cc2)=NO1. The molecule has 4 rings (SSSR count). The summed E-state index contributed by atoms with van der Waals surface area (Å²) in [5.74, 6) is -0.305. The van der Waals surface area contributed by atoms with Crippen molar-refractivity contribution in [3.05, 3.63) is 71.4 Å². The highest BCUT2D eigenvalue weighted by Gasteiger charge is 2.48. The summed E-state index contributed by atoms with van der Waals surface area (Å²) in [5.41, 5.74) is 2.99. The molecule has 1 unspecified atom stereocenters. The number of rotatable bonds is 8. The number of hydrogen-bond acceptors (Lipinski definition) is 8. The van der Waals surface area contributed by atoms with Gasteiger partial charge < -0.3 is 19.0 Å². The molecule has 34 heavy (non-hydrogen) atoms. The van der Waals surface area contributed by atoms with Gasteiger partial charge in [-0.1, -0.05) is 23.4 Å². The molecule has 0 spiro atoms. The van der Waals surface area contributed by atoms with Crippen molar-refractivity contribution in [1.82, 2.24) is 4.98 Å². The minimum Gasteiger partial charge on any atom is -0.489 e. The van der Waals surface area contributed by atoms with E-state index in [9.17, 15) is 9.59 Å². The molecule has 0 saturated heterocycles. The Kier molecular flexibility index (Phi) is 6.77. The molecule has 1 aliphatic rings. The zero-order valence-electron chi connectivity index (χ0n) is 19.4. The average Bonchev–Trinajstić information content (AvgIpc) is 3.31. The van der Waals surface area contributed by atoms with E-state index in [1.165, 1.54) is 14.2 Å². The quantitative estimate of drug-likeness (QED) is 0.465. The van der Waals surface area contributed by atoms with E-state index in [1.807, 2.05) is 61.5 Å². The molecule has 0 amide bonds. The van der Waals surface area contributed by atoms with Crippen molar-refractivity contribution in [3.63, 3.8) is 0 Å². The zero-order valence-corrected chi connectivity index (χ0v) is 19.4.